The van der Waals surface area contributed by atoms with Crippen LogP contribution in [0.15, 0.2) is 24.3 Å². The highest BCUT2D eigenvalue weighted by Crippen LogP contribution is 2.24. The standard InChI is InChI=1S/C14H19NO4S/c1-4-19-13(16)9-20-10(2)14(17)15-11-7-5-6-8-12(11)18-3/h5-8,10H,4,9H2,1-3H3,(H,15,17). The number of benzene rings is 1. The normalized spacial score (nSPS) is 11.6. The SMILES string of the molecule is CCOC(=O)CSC(C)C(=O)Nc1ccccc1OC. The Bertz CT molecular complexity index is 464. The van der Waals surface area contributed by atoms with Crippen molar-refractivity contribution >= 4 is 29.3 Å². The maximum atomic E-state index is 12.0. The van der Waals surface area contributed by atoms with E-state index in [1.165, 1.54) is 11.8 Å². The van der Waals surface area contributed by atoms with E-state index in [0.29, 0.717) is 18.0 Å². The molecule has 0 aliphatic heterocycles. The lowest BCUT2D eigenvalue weighted by atomic mass is 10.3. The number of esters is 1. The number of para-hydroxylation sites is 2. The Morgan fingerprint density at radius 2 is 2.05 bits per heavy atom. The fourth-order valence-electron chi connectivity index (χ4n) is 1.45. The third kappa shape index (κ3) is 5.13. The second-order valence-corrected chi connectivity index (χ2v) is 5.28. The lowest BCUT2D eigenvalue weighted by Crippen LogP contribution is -2.24. The summed E-state index contributed by atoms with van der Waals surface area (Å²) in [6.45, 7) is 3.84. The first kappa shape index (κ1) is 16.4. The maximum absolute atomic E-state index is 12.0. The second kappa shape index (κ2) is 8.47. The molecule has 1 aromatic rings. The summed E-state index contributed by atoms with van der Waals surface area (Å²) in [6.07, 6.45) is 0. The third-order valence-electron chi connectivity index (χ3n) is 2.49. The van der Waals surface area contributed by atoms with E-state index < -0.39 is 0 Å². The van der Waals surface area contributed by atoms with E-state index in [9.17, 15) is 9.59 Å². The molecule has 6 heteroatoms. The first-order valence-electron chi connectivity index (χ1n) is 6.29. The summed E-state index contributed by atoms with van der Waals surface area (Å²) < 4.78 is 9.98. The Morgan fingerprint density at radius 3 is 2.70 bits per heavy atom. The van der Waals surface area contributed by atoms with E-state index in [2.05, 4.69) is 5.32 Å². The van der Waals surface area contributed by atoms with Crippen molar-refractivity contribution in [1.29, 1.82) is 0 Å². The number of amides is 1. The topological polar surface area (TPSA) is 64.6 Å². The smallest absolute Gasteiger partial charge is 0.315 e. The molecule has 0 fully saturated rings. The largest absolute Gasteiger partial charge is 0.495 e. The summed E-state index contributed by atoms with van der Waals surface area (Å²) in [7, 11) is 1.55. The number of nitrogens with one attached hydrogen (secondary N) is 1. The average Bonchev–Trinajstić information content (AvgIpc) is 2.45. The van der Waals surface area contributed by atoms with Crippen LogP contribution in [0, 0.1) is 0 Å². The molecule has 0 spiro atoms. The van der Waals surface area contributed by atoms with E-state index in [-0.39, 0.29) is 22.9 Å². The van der Waals surface area contributed by atoms with Gasteiger partial charge in [0.2, 0.25) is 5.91 Å². The van der Waals surface area contributed by atoms with Gasteiger partial charge in [-0.2, -0.15) is 0 Å². The predicted molar refractivity (Wildman–Crippen MR) is 80.2 cm³/mol. The highest BCUT2D eigenvalue weighted by molar-refractivity contribution is 8.01. The summed E-state index contributed by atoms with van der Waals surface area (Å²) in [6, 6.07) is 7.17. The van der Waals surface area contributed by atoms with Crippen LogP contribution in [-0.4, -0.2) is 36.6 Å². The number of ether oxygens (including phenoxy) is 2. The number of rotatable bonds is 7. The van der Waals surface area contributed by atoms with Crippen molar-refractivity contribution < 1.29 is 19.1 Å². The molecule has 1 unspecified atom stereocenters. The van der Waals surface area contributed by atoms with Gasteiger partial charge in [-0.15, -0.1) is 11.8 Å². The summed E-state index contributed by atoms with van der Waals surface area (Å²) in [5.74, 6) is 0.274. The summed E-state index contributed by atoms with van der Waals surface area (Å²) in [5, 5.41) is 2.42. The summed E-state index contributed by atoms with van der Waals surface area (Å²) in [5.41, 5.74) is 0.614. The molecule has 1 rings (SSSR count). The van der Waals surface area contributed by atoms with Gasteiger partial charge in [0.1, 0.15) is 5.75 Å². The molecule has 1 amide bonds. The van der Waals surface area contributed by atoms with Crippen LogP contribution in [0.5, 0.6) is 5.75 Å². The molecule has 0 aromatic heterocycles. The van der Waals surface area contributed by atoms with Crippen molar-refractivity contribution in [2.75, 3.05) is 24.8 Å². The molecular weight excluding hydrogens is 278 g/mol. The van der Waals surface area contributed by atoms with Crippen LogP contribution in [0.1, 0.15) is 13.8 Å². The van der Waals surface area contributed by atoms with Crippen LogP contribution >= 0.6 is 11.8 Å². The molecule has 0 aliphatic carbocycles. The van der Waals surface area contributed by atoms with Gasteiger partial charge in [-0.05, 0) is 26.0 Å². The highest BCUT2D eigenvalue weighted by Gasteiger charge is 2.17. The zero-order valence-electron chi connectivity index (χ0n) is 11.8. The Kier molecular flexibility index (Phi) is 6.93. The van der Waals surface area contributed by atoms with Gasteiger partial charge in [0.25, 0.3) is 0 Å². The van der Waals surface area contributed by atoms with Crippen LogP contribution in [0.4, 0.5) is 5.69 Å². The summed E-state index contributed by atoms with van der Waals surface area (Å²) >= 11 is 1.24. The minimum atomic E-state index is -0.357. The van der Waals surface area contributed by atoms with Crippen molar-refractivity contribution in [1.82, 2.24) is 0 Å². The molecule has 110 valence electrons. The average molecular weight is 297 g/mol. The maximum Gasteiger partial charge on any atom is 0.315 e. The van der Waals surface area contributed by atoms with Crippen molar-refractivity contribution in [2.24, 2.45) is 0 Å². The molecule has 5 nitrogen and oxygen atoms in total. The molecular formula is C14H19NO4S. The first-order chi connectivity index (χ1) is 9.58. The van der Waals surface area contributed by atoms with E-state index in [1.807, 2.05) is 12.1 Å². The number of hydrogen-bond donors (Lipinski definition) is 1. The molecule has 0 saturated heterocycles. The minimum Gasteiger partial charge on any atom is -0.495 e. The fourth-order valence-corrected chi connectivity index (χ4v) is 2.13. The Balaban J connectivity index is 2.51. The van der Waals surface area contributed by atoms with E-state index in [1.54, 1.807) is 33.1 Å². The molecule has 0 radical (unpaired) electrons. The zero-order chi connectivity index (χ0) is 15.0. The predicted octanol–water partition coefficient (Wildman–Crippen LogP) is 2.32. The van der Waals surface area contributed by atoms with Gasteiger partial charge in [-0.1, -0.05) is 12.1 Å². The lowest BCUT2D eigenvalue weighted by Gasteiger charge is -2.13. The third-order valence-corrected chi connectivity index (χ3v) is 3.61. The van der Waals surface area contributed by atoms with Crippen LogP contribution in [0.2, 0.25) is 0 Å². The van der Waals surface area contributed by atoms with E-state index in [4.69, 9.17) is 9.47 Å². The zero-order valence-corrected chi connectivity index (χ0v) is 12.7. The van der Waals surface area contributed by atoms with E-state index >= 15 is 0 Å². The van der Waals surface area contributed by atoms with Gasteiger partial charge >= 0.3 is 5.97 Å². The molecule has 1 N–H and O–H groups in total. The minimum absolute atomic E-state index is 0.161. The highest BCUT2D eigenvalue weighted by atomic mass is 32.2. The van der Waals surface area contributed by atoms with Gasteiger partial charge < -0.3 is 14.8 Å². The molecule has 0 heterocycles. The van der Waals surface area contributed by atoms with Gasteiger partial charge in [-0.3, -0.25) is 9.59 Å². The van der Waals surface area contributed by atoms with Gasteiger partial charge in [0.15, 0.2) is 0 Å². The van der Waals surface area contributed by atoms with Gasteiger partial charge in [0, 0.05) is 0 Å². The van der Waals surface area contributed by atoms with Crippen LogP contribution < -0.4 is 10.1 Å². The number of carbonyl (C=O) groups is 2. The van der Waals surface area contributed by atoms with Gasteiger partial charge in [-0.25, -0.2) is 0 Å². The molecule has 0 saturated carbocycles. The van der Waals surface area contributed by atoms with Crippen molar-refractivity contribution in [3.05, 3.63) is 24.3 Å². The van der Waals surface area contributed by atoms with Gasteiger partial charge in [0.05, 0.1) is 30.4 Å². The number of carbonyl (C=O) groups excluding carboxylic acids is 2. The summed E-state index contributed by atoms with van der Waals surface area (Å²) in [4.78, 5) is 23.2. The van der Waals surface area contributed by atoms with Crippen LogP contribution in [0.3, 0.4) is 0 Å². The Labute approximate surface area is 123 Å². The quantitative estimate of drug-likeness (QED) is 0.782. The Hall–Kier alpha value is -1.69. The van der Waals surface area contributed by atoms with E-state index in [0.717, 1.165) is 0 Å². The molecule has 0 aliphatic rings. The van der Waals surface area contributed by atoms with Crippen LogP contribution in [0.25, 0.3) is 0 Å². The fraction of sp³-hybridized carbons (Fsp3) is 0.429. The second-order valence-electron chi connectivity index (χ2n) is 3.95. The number of thioether (sulfide) groups is 1. The number of anilines is 1. The molecule has 1 aromatic carbocycles. The molecule has 0 bridgehead atoms. The molecule has 20 heavy (non-hydrogen) atoms. The number of hydrogen-bond acceptors (Lipinski definition) is 5. The first-order valence-corrected chi connectivity index (χ1v) is 7.34. The monoisotopic (exact) mass is 297 g/mol. The molecule has 1 atom stereocenters. The van der Waals surface area contributed by atoms with Crippen molar-refractivity contribution in [2.45, 2.75) is 19.1 Å². The number of methoxy groups -OCH3 is 1. The van der Waals surface area contributed by atoms with Crippen molar-refractivity contribution in [3.8, 4) is 5.75 Å². The lowest BCUT2D eigenvalue weighted by molar-refractivity contribution is -0.139. The van der Waals surface area contributed by atoms with Crippen LogP contribution in [-0.2, 0) is 14.3 Å². The van der Waals surface area contributed by atoms with Crippen molar-refractivity contribution in [3.63, 3.8) is 0 Å². The Morgan fingerprint density at radius 1 is 1.35 bits per heavy atom.